The molecule has 0 radical (unpaired) electrons. The lowest BCUT2D eigenvalue weighted by molar-refractivity contribution is -0.122. The Morgan fingerprint density at radius 1 is 1.24 bits per heavy atom. The lowest BCUT2D eigenvalue weighted by Crippen LogP contribution is -2.42. The number of H-pyrrole nitrogens is 1. The van der Waals surface area contributed by atoms with Crippen molar-refractivity contribution >= 4 is 5.91 Å². The molecule has 2 fully saturated rings. The molecule has 1 aliphatic carbocycles. The predicted octanol–water partition coefficient (Wildman–Crippen LogP) is 3.37. The van der Waals surface area contributed by atoms with Gasteiger partial charge >= 0.3 is 0 Å². The summed E-state index contributed by atoms with van der Waals surface area (Å²) in [5.41, 5.74) is 1.80. The van der Waals surface area contributed by atoms with E-state index in [1.54, 1.807) is 18.2 Å². The van der Waals surface area contributed by atoms with E-state index in [1.807, 2.05) is 6.07 Å². The summed E-state index contributed by atoms with van der Waals surface area (Å²) in [7, 11) is 0. The Labute approximate surface area is 170 Å². The van der Waals surface area contributed by atoms with Crippen LogP contribution in [0, 0.1) is 5.82 Å². The van der Waals surface area contributed by atoms with Crippen LogP contribution in [0.1, 0.15) is 55.8 Å². The van der Waals surface area contributed by atoms with Gasteiger partial charge in [-0.3, -0.25) is 14.8 Å². The third kappa shape index (κ3) is 5.35. The second-order valence-corrected chi connectivity index (χ2v) is 8.16. The summed E-state index contributed by atoms with van der Waals surface area (Å²) >= 11 is 0. The quantitative estimate of drug-likeness (QED) is 0.748. The number of aromatic amines is 1. The minimum Gasteiger partial charge on any atom is -0.484 e. The molecule has 1 aliphatic heterocycles. The number of halogens is 1. The van der Waals surface area contributed by atoms with Crippen LogP contribution in [0.3, 0.4) is 0 Å². The molecule has 2 aliphatic rings. The molecule has 1 saturated heterocycles. The van der Waals surface area contributed by atoms with Gasteiger partial charge in [-0.2, -0.15) is 5.10 Å². The van der Waals surface area contributed by atoms with Crippen LogP contribution in [0.4, 0.5) is 4.39 Å². The number of carbonyl (C=O) groups excluding carboxylic acids is 1. The van der Waals surface area contributed by atoms with Gasteiger partial charge in [-0.05, 0) is 44.0 Å². The number of carbonyl (C=O) groups is 1. The second kappa shape index (κ2) is 9.39. The highest BCUT2D eigenvalue weighted by molar-refractivity contribution is 5.78. The maximum Gasteiger partial charge on any atom is 0.234 e. The van der Waals surface area contributed by atoms with E-state index < -0.39 is 0 Å². The molecule has 156 valence electrons. The zero-order valence-corrected chi connectivity index (χ0v) is 16.7. The minimum atomic E-state index is -0.370. The largest absolute Gasteiger partial charge is 0.484 e. The van der Waals surface area contributed by atoms with Crippen molar-refractivity contribution in [1.29, 1.82) is 0 Å². The Morgan fingerprint density at radius 2 is 2.07 bits per heavy atom. The number of para-hydroxylation sites is 1. The molecule has 0 bridgehead atoms. The first-order chi connectivity index (χ1) is 14.2. The molecule has 1 saturated carbocycles. The van der Waals surface area contributed by atoms with Crippen molar-refractivity contribution in [2.24, 2.45) is 0 Å². The fraction of sp³-hybridized carbons (Fsp3) is 0.545. The average Bonchev–Trinajstić information content (AvgIpc) is 3.37. The van der Waals surface area contributed by atoms with Crippen LogP contribution >= 0.6 is 0 Å². The van der Waals surface area contributed by atoms with Crippen molar-refractivity contribution in [3.63, 3.8) is 0 Å². The van der Waals surface area contributed by atoms with Gasteiger partial charge in [0.05, 0.1) is 17.9 Å². The smallest absolute Gasteiger partial charge is 0.234 e. The monoisotopic (exact) mass is 400 g/mol. The van der Waals surface area contributed by atoms with Gasteiger partial charge in [0.25, 0.3) is 0 Å². The molecule has 0 spiro atoms. The van der Waals surface area contributed by atoms with Gasteiger partial charge in [-0.1, -0.05) is 31.4 Å². The Hall–Kier alpha value is -2.41. The molecule has 1 aromatic carbocycles. The van der Waals surface area contributed by atoms with E-state index in [2.05, 4.69) is 20.4 Å². The number of amides is 1. The molecule has 2 aromatic rings. The first-order valence-corrected chi connectivity index (χ1v) is 10.6. The molecule has 2 heterocycles. The summed E-state index contributed by atoms with van der Waals surface area (Å²) in [6, 6.07) is 8.71. The van der Waals surface area contributed by atoms with Gasteiger partial charge < -0.3 is 10.1 Å². The van der Waals surface area contributed by atoms with Gasteiger partial charge in [0.2, 0.25) is 5.91 Å². The number of nitrogens with one attached hydrogen (secondary N) is 2. The van der Waals surface area contributed by atoms with Gasteiger partial charge in [0.1, 0.15) is 6.61 Å². The third-order valence-electron chi connectivity index (χ3n) is 5.90. The third-order valence-corrected chi connectivity index (χ3v) is 5.90. The van der Waals surface area contributed by atoms with Crippen molar-refractivity contribution in [3.8, 4) is 5.75 Å². The highest BCUT2D eigenvalue weighted by atomic mass is 19.1. The van der Waals surface area contributed by atoms with Gasteiger partial charge in [-0.15, -0.1) is 0 Å². The first kappa shape index (κ1) is 19.9. The van der Waals surface area contributed by atoms with E-state index in [0.29, 0.717) is 18.5 Å². The molecule has 1 unspecified atom stereocenters. The fourth-order valence-corrected chi connectivity index (χ4v) is 4.32. The van der Waals surface area contributed by atoms with Crippen molar-refractivity contribution in [1.82, 2.24) is 20.4 Å². The van der Waals surface area contributed by atoms with Gasteiger partial charge in [0, 0.05) is 18.5 Å². The SMILES string of the molecule is O=C(CN1CCC(c2cc(COc3ccccc3F)[nH]n2)C1)NC1CCCCC1. The van der Waals surface area contributed by atoms with Crippen molar-refractivity contribution in [3.05, 3.63) is 47.5 Å². The zero-order chi connectivity index (χ0) is 20.1. The average molecular weight is 400 g/mol. The lowest BCUT2D eigenvalue weighted by atomic mass is 9.95. The summed E-state index contributed by atoms with van der Waals surface area (Å²) < 4.78 is 19.2. The Balaban J connectivity index is 1.24. The highest BCUT2D eigenvalue weighted by Gasteiger charge is 2.27. The number of rotatable bonds is 7. The van der Waals surface area contributed by atoms with Gasteiger partial charge in [0.15, 0.2) is 11.6 Å². The Bertz CT molecular complexity index is 819. The van der Waals surface area contributed by atoms with Crippen LogP contribution in [-0.2, 0) is 11.4 Å². The lowest BCUT2D eigenvalue weighted by Gasteiger charge is -2.24. The predicted molar refractivity (Wildman–Crippen MR) is 108 cm³/mol. The molecule has 7 heteroatoms. The number of nitrogens with zero attached hydrogens (tertiary/aromatic N) is 2. The molecule has 4 rings (SSSR count). The summed E-state index contributed by atoms with van der Waals surface area (Å²) in [6.45, 7) is 2.43. The summed E-state index contributed by atoms with van der Waals surface area (Å²) in [4.78, 5) is 14.5. The number of aromatic nitrogens is 2. The zero-order valence-electron chi connectivity index (χ0n) is 16.7. The van der Waals surface area contributed by atoms with E-state index in [4.69, 9.17) is 4.74 Å². The molecule has 1 atom stereocenters. The number of benzene rings is 1. The van der Waals surface area contributed by atoms with Crippen molar-refractivity contribution < 1.29 is 13.9 Å². The number of likely N-dealkylation sites (tertiary alicyclic amines) is 1. The van der Waals surface area contributed by atoms with Crippen LogP contribution in [0.5, 0.6) is 5.75 Å². The normalized spacial score (nSPS) is 20.7. The molecule has 29 heavy (non-hydrogen) atoms. The fourth-order valence-electron chi connectivity index (χ4n) is 4.32. The second-order valence-electron chi connectivity index (χ2n) is 8.16. The van der Waals surface area contributed by atoms with Crippen LogP contribution in [0.15, 0.2) is 30.3 Å². The Morgan fingerprint density at radius 3 is 2.90 bits per heavy atom. The van der Waals surface area contributed by atoms with Crippen molar-refractivity contribution in [2.75, 3.05) is 19.6 Å². The molecule has 1 aromatic heterocycles. The van der Waals surface area contributed by atoms with Crippen LogP contribution < -0.4 is 10.1 Å². The topological polar surface area (TPSA) is 70.2 Å². The first-order valence-electron chi connectivity index (χ1n) is 10.6. The molecular formula is C22H29FN4O2. The standard InChI is InChI=1S/C22H29FN4O2/c23-19-8-4-5-9-21(19)29-15-18-12-20(26-25-18)16-10-11-27(13-16)14-22(28)24-17-6-2-1-3-7-17/h4-5,8-9,12,16-17H,1-3,6-7,10-11,13-15H2,(H,24,28)(H,25,26). The highest BCUT2D eigenvalue weighted by Crippen LogP contribution is 2.26. The van der Waals surface area contributed by atoms with E-state index >= 15 is 0 Å². The molecule has 1 amide bonds. The maximum atomic E-state index is 13.6. The van der Waals surface area contributed by atoms with Crippen LogP contribution in [-0.4, -0.2) is 46.7 Å². The summed E-state index contributed by atoms with van der Waals surface area (Å²) in [6.07, 6.45) is 6.93. The summed E-state index contributed by atoms with van der Waals surface area (Å²) in [5.74, 6) is 0.305. The van der Waals surface area contributed by atoms with Crippen LogP contribution in [0.25, 0.3) is 0 Å². The van der Waals surface area contributed by atoms with E-state index in [9.17, 15) is 9.18 Å². The van der Waals surface area contributed by atoms with Crippen LogP contribution in [0.2, 0.25) is 0 Å². The van der Waals surface area contributed by atoms with E-state index in [1.165, 1.54) is 25.3 Å². The van der Waals surface area contributed by atoms with Crippen molar-refractivity contribution in [2.45, 2.75) is 57.1 Å². The van der Waals surface area contributed by atoms with Gasteiger partial charge in [-0.25, -0.2) is 4.39 Å². The molecule has 2 N–H and O–H groups in total. The maximum absolute atomic E-state index is 13.6. The minimum absolute atomic E-state index is 0.138. The molecular weight excluding hydrogens is 371 g/mol. The summed E-state index contributed by atoms with van der Waals surface area (Å²) in [5, 5.41) is 10.6. The van der Waals surface area contributed by atoms with E-state index in [0.717, 1.165) is 43.7 Å². The Kier molecular flexibility index (Phi) is 6.44. The number of hydrogen-bond acceptors (Lipinski definition) is 4. The van der Waals surface area contributed by atoms with E-state index in [-0.39, 0.29) is 24.1 Å². The number of hydrogen-bond donors (Lipinski definition) is 2. The molecule has 6 nitrogen and oxygen atoms in total. The number of ether oxygens (including phenoxy) is 1.